The number of carbonyl (C=O) groups is 2. The van der Waals surface area contributed by atoms with E-state index in [0.717, 1.165) is 5.56 Å². The van der Waals surface area contributed by atoms with Crippen molar-refractivity contribution in [2.75, 3.05) is 19.7 Å². The van der Waals surface area contributed by atoms with Crippen molar-refractivity contribution in [1.82, 2.24) is 4.90 Å². The molecule has 2 unspecified atom stereocenters. The molecular weight excluding hydrogens is 270 g/mol. The summed E-state index contributed by atoms with van der Waals surface area (Å²) < 4.78 is 10.7. The zero-order valence-corrected chi connectivity index (χ0v) is 12.7. The smallest absolute Gasteiger partial charge is 0.338 e. The van der Waals surface area contributed by atoms with Gasteiger partial charge in [-0.3, -0.25) is 4.79 Å². The minimum atomic E-state index is -0.471. The summed E-state index contributed by atoms with van der Waals surface area (Å²) >= 11 is 0. The third-order valence-corrected chi connectivity index (χ3v) is 3.35. The number of aryl methyl sites for hydroxylation is 1. The van der Waals surface area contributed by atoms with E-state index in [1.807, 2.05) is 26.8 Å². The van der Waals surface area contributed by atoms with E-state index in [1.54, 1.807) is 23.1 Å². The standard InChI is InChI=1S/C16H21NO4/c1-11-5-4-6-14(7-11)16(19)20-10-15(18)17-8-12(2)21-13(3)9-17/h4-7,12-13H,8-10H2,1-3H3. The first-order chi connectivity index (χ1) is 9.95. The Morgan fingerprint density at radius 1 is 1.29 bits per heavy atom. The summed E-state index contributed by atoms with van der Waals surface area (Å²) in [5, 5.41) is 0. The highest BCUT2D eigenvalue weighted by molar-refractivity contribution is 5.91. The van der Waals surface area contributed by atoms with Gasteiger partial charge in [-0.2, -0.15) is 0 Å². The first-order valence-electron chi connectivity index (χ1n) is 7.12. The molecule has 0 saturated carbocycles. The molecule has 1 aliphatic heterocycles. The first-order valence-corrected chi connectivity index (χ1v) is 7.12. The van der Waals surface area contributed by atoms with Gasteiger partial charge in [0.1, 0.15) is 0 Å². The third-order valence-electron chi connectivity index (χ3n) is 3.35. The van der Waals surface area contributed by atoms with Crippen molar-refractivity contribution in [1.29, 1.82) is 0 Å². The lowest BCUT2D eigenvalue weighted by atomic mass is 10.1. The number of amides is 1. The van der Waals surface area contributed by atoms with E-state index in [2.05, 4.69) is 0 Å². The van der Waals surface area contributed by atoms with Gasteiger partial charge in [0.2, 0.25) is 0 Å². The fourth-order valence-corrected chi connectivity index (χ4v) is 2.46. The molecule has 1 aliphatic rings. The number of hydrogen-bond acceptors (Lipinski definition) is 4. The summed E-state index contributed by atoms with van der Waals surface area (Å²) in [6.07, 6.45) is 0.00958. The maximum atomic E-state index is 12.1. The monoisotopic (exact) mass is 291 g/mol. The molecule has 1 aromatic carbocycles. The number of ether oxygens (including phenoxy) is 2. The minimum Gasteiger partial charge on any atom is -0.452 e. The molecular formula is C16H21NO4. The summed E-state index contributed by atoms with van der Waals surface area (Å²) in [5.74, 6) is -0.653. The number of morpholine rings is 1. The molecule has 2 rings (SSSR count). The molecule has 1 saturated heterocycles. The number of nitrogens with zero attached hydrogens (tertiary/aromatic N) is 1. The Labute approximate surface area is 124 Å². The van der Waals surface area contributed by atoms with Gasteiger partial charge in [-0.1, -0.05) is 17.7 Å². The van der Waals surface area contributed by atoms with Gasteiger partial charge in [0.15, 0.2) is 6.61 Å². The SMILES string of the molecule is Cc1cccc(C(=O)OCC(=O)N2CC(C)OC(C)C2)c1. The van der Waals surface area contributed by atoms with E-state index in [1.165, 1.54) is 0 Å². The minimum absolute atomic E-state index is 0.00479. The zero-order chi connectivity index (χ0) is 15.4. The second kappa shape index (κ2) is 6.72. The Balaban J connectivity index is 1.87. The molecule has 0 N–H and O–H groups in total. The molecule has 5 heteroatoms. The molecule has 2 atom stereocenters. The molecule has 0 spiro atoms. The maximum absolute atomic E-state index is 12.1. The van der Waals surface area contributed by atoms with Crippen molar-refractivity contribution in [2.24, 2.45) is 0 Å². The Kier molecular flexibility index (Phi) is 4.96. The van der Waals surface area contributed by atoms with Crippen molar-refractivity contribution >= 4 is 11.9 Å². The van der Waals surface area contributed by atoms with Crippen LogP contribution in [0, 0.1) is 6.92 Å². The van der Waals surface area contributed by atoms with Crippen LogP contribution in [-0.4, -0.2) is 48.7 Å². The van der Waals surface area contributed by atoms with E-state index in [4.69, 9.17) is 9.47 Å². The third kappa shape index (κ3) is 4.29. The zero-order valence-electron chi connectivity index (χ0n) is 12.7. The molecule has 1 fully saturated rings. The van der Waals surface area contributed by atoms with Gasteiger partial charge in [0.25, 0.3) is 5.91 Å². The fraction of sp³-hybridized carbons (Fsp3) is 0.500. The average Bonchev–Trinajstić information content (AvgIpc) is 2.43. The van der Waals surface area contributed by atoms with Crippen molar-refractivity contribution in [3.8, 4) is 0 Å². The quantitative estimate of drug-likeness (QED) is 0.797. The predicted molar refractivity (Wildman–Crippen MR) is 78.1 cm³/mol. The van der Waals surface area contributed by atoms with Gasteiger partial charge >= 0.3 is 5.97 Å². The van der Waals surface area contributed by atoms with Crippen LogP contribution >= 0.6 is 0 Å². The predicted octanol–water partition coefficient (Wildman–Crippen LogP) is 1.79. The number of hydrogen-bond donors (Lipinski definition) is 0. The molecule has 114 valence electrons. The van der Waals surface area contributed by atoms with Gasteiger partial charge in [-0.25, -0.2) is 4.79 Å². The van der Waals surface area contributed by atoms with Crippen LogP contribution < -0.4 is 0 Å². The Hall–Kier alpha value is -1.88. The summed E-state index contributed by atoms with van der Waals surface area (Å²) in [6.45, 7) is 6.59. The van der Waals surface area contributed by atoms with E-state index in [0.29, 0.717) is 18.7 Å². The second-order valence-corrected chi connectivity index (χ2v) is 5.50. The lowest BCUT2D eigenvalue weighted by Gasteiger charge is -2.35. The molecule has 21 heavy (non-hydrogen) atoms. The largest absolute Gasteiger partial charge is 0.452 e. The highest BCUT2D eigenvalue weighted by Crippen LogP contribution is 2.11. The van der Waals surface area contributed by atoms with E-state index in [-0.39, 0.29) is 24.7 Å². The van der Waals surface area contributed by atoms with E-state index in [9.17, 15) is 9.59 Å². The van der Waals surface area contributed by atoms with Crippen LogP contribution in [-0.2, 0) is 14.3 Å². The lowest BCUT2D eigenvalue weighted by Crippen LogP contribution is -2.49. The molecule has 0 radical (unpaired) electrons. The van der Waals surface area contributed by atoms with E-state index >= 15 is 0 Å². The lowest BCUT2D eigenvalue weighted by molar-refractivity contribution is -0.146. The van der Waals surface area contributed by atoms with Crippen molar-refractivity contribution in [3.05, 3.63) is 35.4 Å². The Morgan fingerprint density at radius 3 is 2.57 bits per heavy atom. The second-order valence-electron chi connectivity index (χ2n) is 5.50. The normalized spacial score (nSPS) is 22.0. The van der Waals surface area contributed by atoms with Crippen LogP contribution in [0.25, 0.3) is 0 Å². The molecule has 0 bridgehead atoms. The summed E-state index contributed by atoms with van der Waals surface area (Å²) in [4.78, 5) is 25.7. The fourth-order valence-electron chi connectivity index (χ4n) is 2.46. The van der Waals surface area contributed by atoms with Crippen LogP contribution in [0.2, 0.25) is 0 Å². The van der Waals surface area contributed by atoms with Crippen LogP contribution in [0.4, 0.5) is 0 Å². The number of esters is 1. The molecule has 0 aliphatic carbocycles. The van der Waals surface area contributed by atoms with Gasteiger partial charge in [-0.15, -0.1) is 0 Å². The maximum Gasteiger partial charge on any atom is 0.338 e. The van der Waals surface area contributed by atoms with Crippen LogP contribution in [0.3, 0.4) is 0 Å². The highest BCUT2D eigenvalue weighted by atomic mass is 16.5. The molecule has 1 amide bonds. The number of benzene rings is 1. The summed E-state index contributed by atoms with van der Waals surface area (Å²) in [6, 6.07) is 7.11. The van der Waals surface area contributed by atoms with Crippen molar-refractivity contribution in [2.45, 2.75) is 33.0 Å². The van der Waals surface area contributed by atoms with Crippen molar-refractivity contribution in [3.63, 3.8) is 0 Å². The van der Waals surface area contributed by atoms with Crippen LogP contribution in [0.5, 0.6) is 0 Å². The van der Waals surface area contributed by atoms with Gasteiger partial charge in [-0.05, 0) is 32.9 Å². The van der Waals surface area contributed by atoms with E-state index < -0.39 is 5.97 Å². The first kappa shape index (κ1) is 15.5. The van der Waals surface area contributed by atoms with Gasteiger partial charge < -0.3 is 14.4 Å². The topological polar surface area (TPSA) is 55.8 Å². The molecule has 0 aromatic heterocycles. The van der Waals surface area contributed by atoms with Crippen LogP contribution in [0.15, 0.2) is 24.3 Å². The Morgan fingerprint density at radius 2 is 1.95 bits per heavy atom. The molecule has 5 nitrogen and oxygen atoms in total. The Bertz CT molecular complexity index is 519. The molecule has 1 aromatic rings. The highest BCUT2D eigenvalue weighted by Gasteiger charge is 2.26. The van der Waals surface area contributed by atoms with Crippen LogP contribution in [0.1, 0.15) is 29.8 Å². The van der Waals surface area contributed by atoms with Crippen molar-refractivity contribution < 1.29 is 19.1 Å². The van der Waals surface area contributed by atoms with Gasteiger partial charge in [0.05, 0.1) is 17.8 Å². The summed E-state index contributed by atoms with van der Waals surface area (Å²) in [5.41, 5.74) is 1.44. The molecule has 1 heterocycles. The summed E-state index contributed by atoms with van der Waals surface area (Å²) in [7, 11) is 0. The van der Waals surface area contributed by atoms with Gasteiger partial charge in [0, 0.05) is 13.1 Å². The average molecular weight is 291 g/mol. The number of carbonyl (C=O) groups excluding carboxylic acids is 2. The number of rotatable bonds is 3.